The predicted molar refractivity (Wildman–Crippen MR) is 72.0 cm³/mol. The average Bonchev–Trinajstić information content (AvgIpc) is 2.78. The Balaban J connectivity index is 2.74. The van der Waals surface area contributed by atoms with Gasteiger partial charge in [0.1, 0.15) is 11.3 Å². The topological polar surface area (TPSA) is 44.9 Å². The fraction of sp³-hybridized carbons (Fsp3) is 0.667. The summed E-state index contributed by atoms with van der Waals surface area (Å²) >= 11 is 6.02. The van der Waals surface area contributed by atoms with Crippen LogP contribution in [0.4, 0.5) is 0 Å². The summed E-state index contributed by atoms with van der Waals surface area (Å²) in [6.45, 7) is 6.76. The molecular formula is C12H19ClN4O. The standard InChI is InChI=1S/C12H19ClN4O/c1-8-10-11(16(4)15-8)17(9(6-13)14-10)12(2,3)7-18-5/h6-7H2,1-5H3. The number of hydrogen-bond acceptors (Lipinski definition) is 3. The van der Waals surface area contributed by atoms with Crippen molar-refractivity contribution >= 4 is 22.8 Å². The Kier molecular flexibility index (Phi) is 3.38. The first-order chi connectivity index (χ1) is 8.42. The molecule has 0 aliphatic heterocycles. The van der Waals surface area contributed by atoms with Crippen molar-refractivity contribution in [1.29, 1.82) is 0 Å². The molecule has 0 amide bonds. The van der Waals surface area contributed by atoms with Gasteiger partial charge in [-0.05, 0) is 20.8 Å². The lowest BCUT2D eigenvalue weighted by atomic mass is 10.1. The third kappa shape index (κ3) is 1.91. The van der Waals surface area contributed by atoms with E-state index < -0.39 is 0 Å². The third-order valence-electron chi connectivity index (χ3n) is 3.09. The molecule has 2 aromatic heterocycles. The van der Waals surface area contributed by atoms with Crippen molar-refractivity contribution in [3.8, 4) is 0 Å². The number of aryl methyl sites for hydroxylation is 2. The van der Waals surface area contributed by atoms with E-state index in [1.54, 1.807) is 7.11 Å². The Bertz CT molecular complexity index is 570. The third-order valence-corrected chi connectivity index (χ3v) is 3.33. The molecule has 0 aromatic carbocycles. The minimum absolute atomic E-state index is 0.214. The van der Waals surface area contributed by atoms with Crippen LogP contribution >= 0.6 is 11.6 Å². The highest BCUT2D eigenvalue weighted by molar-refractivity contribution is 6.16. The zero-order chi connectivity index (χ0) is 13.5. The molecule has 0 saturated heterocycles. The molecule has 0 radical (unpaired) electrons. The summed E-state index contributed by atoms with van der Waals surface area (Å²) in [5.74, 6) is 1.23. The first-order valence-electron chi connectivity index (χ1n) is 5.88. The molecule has 0 atom stereocenters. The van der Waals surface area contributed by atoms with Gasteiger partial charge < -0.3 is 9.30 Å². The summed E-state index contributed by atoms with van der Waals surface area (Å²) in [6, 6.07) is 0. The maximum atomic E-state index is 6.02. The summed E-state index contributed by atoms with van der Waals surface area (Å²) in [4.78, 5) is 4.59. The van der Waals surface area contributed by atoms with Crippen molar-refractivity contribution in [2.24, 2.45) is 7.05 Å². The lowest BCUT2D eigenvalue weighted by Crippen LogP contribution is -2.33. The molecule has 0 spiro atoms. The maximum Gasteiger partial charge on any atom is 0.159 e. The minimum Gasteiger partial charge on any atom is -0.382 e. The molecule has 2 heterocycles. The number of hydrogen-bond donors (Lipinski definition) is 0. The van der Waals surface area contributed by atoms with E-state index in [1.807, 2.05) is 18.7 Å². The Morgan fingerprint density at radius 1 is 1.39 bits per heavy atom. The second-order valence-corrected chi connectivity index (χ2v) is 5.39. The Morgan fingerprint density at radius 2 is 2.06 bits per heavy atom. The normalized spacial score (nSPS) is 12.6. The van der Waals surface area contributed by atoms with Crippen LogP contribution in [-0.4, -0.2) is 33.0 Å². The molecule has 0 aliphatic rings. The summed E-state index contributed by atoms with van der Waals surface area (Å²) in [7, 11) is 3.62. The SMILES string of the molecule is COCC(C)(C)n1c(CCl)nc2c(C)nn(C)c21. The summed E-state index contributed by atoms with van der Waals surface area (Å²) in [6.07, 6.45) is 0. The van der Waals surface area contributed by atoms with Gasteiger partial charge in [-0.2, -0.15) is 5.10 Å². The van der Waals surface area contributed by atoms with Crippen LogP contribution in [0.1, 0.15) is 25.4 Å². The van der Waals surface area contributed by atoms with Crippen molar-refractivity contribution in [2.75, 3.05) is 13.7 Å². The van der Waals surface area contributed by atoms with E-state index in [1.165, 1.54) is 0 Å². The molecule has 0 N–H and O–H groups in total. The number of ether oxygens (including phenoxy) is 1. The number of halogens is 1. The van der Waals surface area contributed by atoms with Gasteiger partial charge in [-0.1, -0.05) is 0 Å². The number of nitrogens with zero attached hydrogens (tertiary/aromatic N) is 4. The number of fused-ring (bicyclic) bond motifs is 1. The summed E-state index contributed by atoms with van der Waals surface area (Å²) in [5.41, 5.74) is 2.61. The largest absolute Gasteiger partial charge is 0.382 e. The van der Waals surface area contributed by atoms with Gasteiger partial charge in [0.15, 0.2) is 5.65 Å². The van der Waals surface area contributed by atoms with Gasteiger partial charge in [0.2, 0.25) is 0 Å². The number of methoxy groups -OCH3 is 1. The van der Waals surface area contributed by atoms with Gasteiger partial charge in [0, 0.05) is 14.2 Å². The van der Waals surface area contributed by atoms with Crippen LogP contribution in [0.5, 0.6) is 0 Å². The van der Waals surface area contributed by atoms with Gasteiger partial charge in [-0.15, -0.1) is 11.6 Å². The van der Waals surface area contributed by atoms with Crippen LogP contribution in [-0.2, 0) is 23.2 Å². The van der Waals surface area contributed by atoms with Gasteiger partial charge >= 0.3 is 0 Å². The van der Waals surface area contributed by atoms with E-state index in [0.29, 0.717) is 12.5 Å². The van der Waals surface area contributed by atoms with Crippen LogP contribution in [0.3, 0.4) is 0 Å². The number of alkyl halides is 1. The van der Waals surface area contributed by atoms with Crippen molar-refractivity contribution < 1.29 is 4.74 Å². The van der Waals surface area contributed by atoms with Gasteiger partial charge in [0.25, 0.3) is 0 Å². The van der Waals surface area contributed by atoms with Crippen molar-refractivity contribution in [3.63, 3.8) is 0 Å². The molecular weight excluding hydrogens is 252 g/mol. The molecule has 0 unspecified atom stereocenters. The van der Waals surface area contributed by atoms with Gasteiger partial charge in [-0.3, -0.25) is 4.68 Å². The molecule has 0 aliphatic carbocycles. The lowest BCUT2D eigenvalue weighted by Gasteiger charge is -2.28. The van der Waals surface area contributed by atoms with Crippen LogP contribution in [0.2, 0.25) is 0 Å². The van der Waals surface area contributed by atoms with Crippen LogP contribution < -0.4 is 0 Å². The first kappa shape index (κ1) is 13.4. The summed E-state index contributed by atoms with van der Waals surface area (Å²) in [5, 5.41) is 4.41. The molecule has 0 saturated carbocycles. The van der Waals surface area contributed by atoms with Crippen LogP contribution in [0.25, 0.3) is 11.2 Å². The van der Waals surface area contributed by atoms with E-state index in [4.69, 9.17) is 16.3 Å². The molecule has 6 heteroatoms. The van der Waals surface area contributed by atoms with Crippen LogP contribution in [0.15, 0.2) is 0 Å². The fourth-order valence-electron chi connectivity index (χ4n) is 2.46. The number of aromatic nitrogens is 4. The van der Waals surface area contributed by atoms with Gasteiger partial charge in [-0.25, -0.2) is 4.98 Å². The Labute approximate surface area is 112 Å². The predicted octanol–water partition coefficient (Wildman–Crippen LogP) is 2.20. The highest BCUT2D eigenvalue weighted by Gasteiger charge is 2.28. The zero-order valence-corrected chi connectivity index (χ0v) is 12.2. The van der Waals surface area contributed by atoms with Crippen LogP contribution in [0, 0.1) is 6.92 Å². The second-order valence-electron chi connectivity index (χ2n) is 5.12. The fourth-order valence-corrected chi connectivity index (χ4v) is 2.64. The zero-order valence-electron chi connectivity index (χ0n) is 11.5. The minimum atomic E-state index is -0.214. The second kappa shape index (κ2) is 4.55. The van der Waals surface area contributed by atoms with Gasteiger partial charge in [0.05, 0.1) is 23.7 Å². The highest BCUT2D eigenvalue weighted by atomic mass is 35.5. The molecule has 5 nitrogen and oxygen atoms in total. The smallest absolute Gasteiger partial charge is 0.159 e. The highest BCUT2D eigenvalue weighted by Crippen LogP contribution is 2.27. The van der Waals surface area contributed by atoms with E-state index >= 15 is 0 Å². The maximum absolute atomic E-state index is 6.02. The molecule has 0 bridgehead atoms. The number of imidazole rings is 1. The molecule has 18 heavy (non-hydrogen) atoms. The van der Waals surface area contributed by atoms with Crippen molar-refractivity contribution in [3.05, 3.63) is 11.5 Å². The average molecular weight is 271 g/mol. The molecule has 100 valence electrons. The van der Waals surface area contributed by atoms with E-state index in [0.717, 1.165) is 22.7 Å². The lowest BCUT2D eigenvalue weighted by molar-refractivity contribution is 0.110. The van der Waals surface area contributed by atoms with Crippen molar-refractivity contribution in [1.82, 2.24) is 19.3 Å². The van der Waals surface area contributed by atoms with Crippen molar-refractivity contribution in [2.45, 2.75) is 32.2 Å². The Morgan fingerprint density at radius 3 is 2.61 bits per heavy atom. The molecule has 0 fully saturated rings. The van der Waals surface area contributed by atoms with E-state index in [-0.39, 0.29) is 5.54 Å². The van der Waals surface area contributed by atoms with E-state index in [9.17, 15) is 0 Å². The monoisotopic (exact) mass is 270 g/mol. The molecule has 2 aromatic rings. The number of rotatable bonds is 4. The quantitative estimate of drug-likeness (QED) is 0.800. The first-order valence-corrected chi connectivity index (χ1v) is 6.42. The Hall–Kier alpha value is -1.07. The van der Waals surface area contributed by atoms with E-state index in [2.05, 4.69) is 28.5 Å². The summed E-state index contributed by atoms with van der Waals surface area (Å²) < 4.78 is 9.28. The molecule has 2 rings (SSSR count).